The highest BCUT2D eigenvalue weighted by atomic mass is 79.9. The number of likely N-dealkylation sites (tertiary alicyclic amines) is 1. The predicted molar refractivity (Wildman–Crippen MR) is 68.4 cm³/mol. The van der Waals surface area contributed by atoms with Gasteiger partial charge in [-0.3, -0.25) is 4.79 Å². The zero-order valence-corrected chi connectivity index (χ0v) is 11.0. The Bertz CT molecular complexity index is 391. The van der Waals surface area contributed by atoms with E-state index in [0.717, 1.165) is 29.5 Å². The van der Waals surface area contributed by atoms with Gasteiger partial charge in [0.2, 0.25) is 0 Å². The van der Waals surface area contributed by atoms with Crippen molar-refractivity contribution in [3.05, 3.63) is 34.3 Å². The lowest BCUT2D eigenvalue weighted by atomic mass is 9.99. The van der Waals surface area contributed by atoms with Gasteiger partial charge in [-0.25, -0.2) is 0 Å². The van der Waals surface area contributed by atoms with Gasteiger partial charge in [-0.2, -0.15) is 0 Å². The van der Waals surface area contributed by atoms with Gasteiger partial charge in [0.1, 0.15) is 0 Å². The summed E-state index contributed by atoms with van der Waals surface area (Å²) in [6.07, 6.45) is 2.36. The second-order valence-corrected chi connectivity index (χ2v) is 5.42. The molecule has 0 N–H and O–H groups in total. The van der Waals surface area contributed by atoms with Gasteiger partial charge >= 0.3 is 0 Å². The van der Waals surface area contributed by atoms with Crippen LogP contribution in [0.3, 0.4) is 0 Å². The fraction of sp³-hybridized carbons (Fsp3) is 0.462. The normalized spacial score (nSPS) is 20.9. The summed E-state index contributed by atoms with van der Waals surface area (Å²) >= 11 is 3.40. The topological polar surface area (TPSA) is 20.3 Å². The third-order valence-corrected chi connectivity index (χ3v) is 3.51. The molecule has 1 aromatic rings. The van der Waals surface area contributed by atoms with Crippen molar-refractivity contribution in [3.63, 3.8) is 0 Å². The molecule has 0 radical (unpaired) electrons. The van der Waals surface area contributed by atoms with Gasteiger partial charge < -0.3 is 4.90 Å². The van der Waals surface area contributed by atoms with E-state index in [9.17, 15) is 4.79 Å². The van der Waals surface area contributed by atoms with Crippen LogP contribution in [0.25, 0.3) is 0 Å². The van der Waals surface area contributed by atoms with Crippen LogP contribution < -0.4 is 0 Å². The summed E-state index contributed by atoms with van der Waals surface area (Å²) in [6.45, 7) is 4.00. The zero-order chi connectivity index (χ0) is 11.5. The fourth-order valence-electron chi connectivity index (χ4n) is 2.18. The lowest BCUT2D eigenvalue weighted by molar-refractivity contribution is 0.0683. The van der Waals surface area contributed by atoms with Gasteiger partial charge in [-0.1, -0.05) is 28.9 Å². The maximum atomic E-state index is 12.2. The Morgan fingerprint density at radius 2 is 2.31 bits per heavy atom. The summed E-state index contributed by atoms with van der Waals surface area (Å²) in [5.74, 6) is 0.790. The molecule has 1 aliphatic rings. The maximum absolute atomic E-state index is 12.2. The van der Waals surface area contributed by atoms with Crippen LogP contribution in [0.2, 0.25) is 0 Å². The Hall–Kier alpha value is -0.830. The number of carbonyl (C=O) groups is 1. The summed E-state index contributed by atoms with van der Waals surface area (Å²) in [4.78, 5) is 14.2. The molecule has 0 unspecified atom stereocenters. The summed E-state index contributed by atoms with van der Waals surface area (Å²) in [5, 5.41) is 0. The first-order chi connectivity index (χ1) is 7.66. The van der Waals surface area contributed by atoms with Gasteiger partial charge in [0, 0.05) is 23.1 Å². The van der Waals surface area contributed by atoms with Crippen molar-refractivity contribution in [1.29, 1.82) is 0 Å². The molecule has 86 valence electrons. The predicted octanol–water partition coefficient (Wildman–Crippen LogP) is 3.32. The molecule has 0 aromatic heterocycles. The fourth-order valence-corrected chi connectivity index (χ4v) is 2.58. The second-order valence-electron chi connectivity index (χ2n) is 4.51. The van der Waals surface area contributed by atoms with Crippen molar-refractivity contribution in [2.45, 2.75) is 19.8 Å². The Kier molecular flexibility index (Phi) is 3.64. The number of halogens is 1. The number of carbonyl (C=O) groups excluding carboxylic acids is 1. The minimum absolute atomic E-state index is 0.160. The van der Waals surface area contributed by atoms with Crippen molar-refractivity contribution in [3.8, 4) is 0 Å². The Labute approximate surface area is 105 Å². The average molecular weight is 282 g/mol. The quantitative estimate of drug-likeness (QED) is 0.773. The second kappa shape index (κ2) is 5.00. The van der Waals surface area contributed by atoms with E-state index in [1.165, 1.54) is 6.42 Å². The number of amides is 1. The van der Waals surface area contributed by atoms with Gasteiger partial charge in [0.25, 0.3) is 5.91 Å². The van der Waals surface area contributed by atoms with E-state index in [2.05, 4.69) is 22.9 Å². The lowest BCUT2D eigenvalue weighted by Crippen LogP contribution is -2.39. The molecule has 1 aliphatic heterocycles. The molecule has 1 fully saturated rings. The largest absolute Gasteiger partial charge is 0.338 e. The van der Waals surface area contributed by atoms with Crippen LogP contribution >= 0.6 is 15.9 Å². The molecule has 16 heavy (non-hydrogen) atoms. The molecule has 1 saturated heterocycles. The lowest BCUT2D eigenvalue weighted by Gasteiger charge is -2.31. The molecular weight excluding hydrogens is 266 g/mol. The molecule has 0 bridgehead atoms. The van der Waals surface area contributed by atoms with Crippen LogP contribution in [0.1, 0.15) is 30.1 Å². The smallest absolute Gasteiger partial charge is 0.253 e. The summed E-state index contributed by atoms with van der Waals surface area (Å²) in [6, 6.07) is 7.62. The van der Waals surface area contributed by atoms with Crippen molar-refractivity contribution in [1.82, 2.24) is 4.90 Å². The van der Waals surface area contributed by atoms with Crippen molar-refractivity contribution < 1.29 is 4.79 Å². The molecule has 0 aliphatic carbocycles. The van der Waals surface area contributed by atoms with E-state index < -0.39 is 0 Å². The van der Waals surface area contributed by atoms with E-state index in [0.29, 0.717) is 5.92 Å². The number of rotatable bonds is 1. The molecule has 3 heteroatoms. The molecule has 1 aromatic carbocycles. The van der Waals surface area contributed by atoms with E-state index >= 15 is 0 Å². The van der Waals surface area contributed by atoms with Crippen LogP contribution in [0.5, 0.6) is 0 Å². The van der Waals surface area contributed by atoms with Crippen molar-refractivity contribution in [2.75, 3.05) is 13.1 Å². The Balaban J connectivity index is 2.12. The third kappa shape index (κ3) is 2.64. The monoisotopic (exact) mass is 281 g/mol. The van der Waals surface area contributed by atoms with E-state index in [4.69, 9.17) is 0 Å². The molecular formula is C13H16BrNO. The highest BCUT2D eigenvalue weighted by Crippen LogP contribution is 2.19. The first kappa shape index (κ1) is 11.6. The molecule has 1 amide bonds. The highest BCUT2D eigenvalue weighted by molar-refractivity contribution is 9.10. The van der Waals surface area contributed by atoms with Gasteiger partial charge in [-0.05, 0) is 37.0 Å². The van der Waals surface area contributed by atoms with Crippen LogP contribution in [0.15, 0.2) is 28.7 Å². The molecule has 1 atom stereocenters. The summed E-state index contributed by atoms with van der Waals surface area (Å²) < 4.78 is 0.961. The Morgan fingerprint density at radius 3 is 3.00 bits per heavy atom. The maximum Gasteiger partial charge on any atom is 0.253 e. The molecule has 2 rings (SSSR count). The Morgan fingerprint density at radius 1 is 1.50 bits per heavy atom. The van der Waals surface area contributed by atoms with E-state index in [1.54, 1.807) is 0 Å². The van der Waals surface area contributed by atoms with Gasteiger partial charge in [-0.15, -0.1) is 0 Å². The number of nitrogens with zero attached hydrogens (tertiary/aromatic N) is 1. The zero-order valence-electron chi connectivity index (χ0n) is 9.45. The van der Waals surface area contributed by atoms with Crippen LogP contribution in [-0.4, -0.2) is 23.9 Å². The van der Waals surface area contributed by atoms with Gasteiger partial charge in [0.15, 0.2) is 0 Å². The highest BCUT2D eigenvalue weighted by Gasteiger charge is 2.21. The van der Waals surface area contributed by atoms with Crippen molar-refractivity contribution >= 4 is 21.8 Å². The first-order valence-corrected chi connectivity index (χ1v) is 6.51. The number of hydrogen-bond acceptors (Lipinski definition) is 1. The molecule has 1 heterocycles. The number of benzene rings is 1. The summed E-state index contributed by atoms with van der Waals surface area (Å²) in [7, 11) is 0. The average Bonchev–Trinajstić information content (AvgIpc) is 2.28. The number of hydrogen-bond donors (Lipinski definition) is 0. The number of piperidine rings is 1. The van der Waals surface area contributed by atoms with Gasteiger partial charge in [0.05, 0.1) is 0 Å². The molecule has 0 saturated carbocycles. The minimum atomic E-state index is 0.160. The minimum Gasteiger partial charge on any atom is -0.338 e. The third-order valence-electron chi connectivity index (χ3n) is 3.02. The van der Waals surface area contributed by atoms with E-state index in [-0.39, 0.29) is 5.91 Å². The van der Waals surface area contributed by atoms with Crippen LogP contribution in [0, 0.1) is 5.92 Å². The molecule has 2 nitrogen and oxygen atoms in total. The summed E-state index contributed by atoms with van der Waals surface area (Å²) in [5.41, 5.74) is 0.781. The molecule has 0 spiro atoms. The van der Waals surface area contributed by atoms with Crippen LogP contribution in [-0.2, 0) is 0 Å². The SMILES string of the molecule is C[C@H]1CCCN(C(=O)c2cccc(Br)c2)C1. The first-order valence-electron chi connectivity index (χ1n) is 5.71. The van der Waals surface area contributed by atoms with Crippen LogP contribution in [0.4, 0.5) is 0 Å². The van der Waals surface area contributed by atoms with Crippen molar-refractivity contribution in [2.24, 2.45) is 5.92 Å². The van der Waals surface area contributed by atoms with E-state index in [1.807, 2.05) is 29.2 Å². The standard InChI is InChI=1S/C13H16BrNO/c1-10-4-3-7-15(9-10)13(16)11-5-2-6-12(14)8-11/h2,5-6,8,10H,3-4,7,9H2,1H3/t10-/m0/s1.